The average molecular weight is 267 g/mol. The Hall–Kier alpha value is -1.82. The van der Waals surface area contributed by atoms with Gasteiger partial charge < -0.3 is 5.32 Å². The fraction of sp³-hybridized carbons (Fsp3) is 0.167. The van der Waals surface area contributed by atoms with Crippen molar-refractivity contribution >= 4 is 17.3 Å². The third-order valence-corrected chi connectivity index (χ3v) is 2.81. The van der Waals surface area contributed by atoms with Crippen molar-refractivity contribution in [3.8, 4) is 0 Å². The fourth-order valence-corrected chi connectivity index (χ4v) is 1.75. The zero-order valence-corrected chi connectivity index (χ0v) is 10.3. The zero-order valence-electron chi connectivity index (χ0n) is 9.44. The first kappa shape index (κ1) is 12.6. The Kier molecular flexibility index (Phi) is 3.99. The number of benzene rings is 1. The Balaban J connectivity index is 1.91. The molecule has 0 radical (unpaired) electrons. The summed E-state index contributed by atoms with van der Waals surface area (Å²) in [4.78, 5) is 3.85. The van der Waals surface area contributed by atoms with Gasteiger partial charge in [-0.1, -0.05) is 6.07 Å². The molecule has 2 aromatic rings. The van der Waals surface area contributed by atoms with Crippen LogP contribution < -0.4 is 5.32 Å². The minimum absolute atomic E-state index is 0.0680. The summed E-state index contributed by atoms with van der Waals surface area (Å²) in [6.07, 6.45) is 5.08. The van der Waals surface area contributed by atoms with Gasteiger partial charge in [0.25, 0.3) is 0 Å². The summed E-state index contributed by atoms with van der Waals surface area (Å²) in [6.45, 7) is 0.356. The molecule has 0 unspecified atom stereocenters. The van der Waals surface area contributed by atoms with Crippen LogP contribution in [0.15, 0.2) is 36.9 Å². The molecule has 2 rings (SSSR count). The summed E-state index contributed by atoms with van der Waals surface area (Å²) in [6, 6.07) is 3.83. The highest BCUT2D eigenvalue weighted by Crippen LogP contribution is 2.11. The predicted molar refractivity (Wildman–Crippen MR) is 68.3 cm³/mol. The Labute approximate surface area is 108 Å². The van der Waals surface area contributed by atoms with Gasteiger partial charge in [0.05, 0.1) is 0 Å². The van der Waals surface area contributed by atoms with E-state index >= 15 is 0 Å². The highest BCUT2D eigenvalue weighted by molar-refractivity contribution is 7.80. The third-order valence-electron chi connectivity index (χ3n) is 2.45. The first-order valence-corrected chi connectivity index (χ1v) is 5.78. The van der Waals surface area contributed by atoms with E-state index in [4.69, 9.17) is 12.2 Å². The van der Waals surface area contributed by atoms with Crippen LogP contribution in [0.2, 0.25) is 0 Å². The molecule has 0 amide bonds. The Morgan fingerprint density at radius 1 is 1.33 bits per heavy atom. The highest BCUT2D eigenvalue weighted by Gasteiger charge is 2.08. The minimum Gasteiger partial charge on any atom is -0.362 e. The molecule has 1 heterocycles. The summed E-state index contributed by atoms with van der Waals surface area (Å²) in [5.41, 5.74) is 0.0680. The number of hydrogen-bond acceptors (Lipinski definition) is 2. The van der Waals surface area contributed by atoms with E-state index in [0.29, 0.717) is 11.7 Å². The maximum Gasteiger partial charge on any atom is 0.178 e. The molecule has 6 heteroatoms. The van der Waals surface area contributed by atoms with Crippen LogP contribution in [0.4, 0.5) is 8.78 Å². The summed E-state index contributed by atoms with van der Waals surface area (Å²) < 4.78 is 28.3. The largest absolute Gasteiger partial charge is 0.362 e. The van der Waals surface area contributed by atoms with Crippen LogP contribution in [0.25, 0.3) is 0 Å². The molecule has 0 spiro atoms. The van der Waals surface area contributed by atoms with E-state index in [2.05, 4.69) is 10.3 Å². The van der Waals surface area contributed by atoms with Crippen LogP contribution in [-0.2, 0) is 6.42 Å². The Bertz CT molecular complexity index is 520. The van der Waals surface area contributed by atoms with E-state index in [9.17, 15) is 8.78 Å². The van der Waals surface area contributed by atoms with E-state index in [1.54, 1.807) is 23.3 Å². The molecule has 0 atom stereocenters. The van der Waals surface area contributed by atoms with Gasteiger partial charge in [0.15, 0.2) is 5.11 Å². The summed E-state index contributed by atoms with van der Waals surface area (Å²) in [5.74, 6) is -1.07. The number of imidazole rings is 1. The van der Waals surface area contributed by atoms with E-state index in [1.165, 1.54) is 18.2 Å². The molecule has 18 heavy (non-hydrogen) atoms. The number of rotatable bonds is 3. The predicted octanol–water partition coefficient (Wildman–Crippen LogP) is 2.13. The molecule has 0 aliphatic rings. The van der Waals surface area contributed by atoms with Crippen LogP contribution in [0.1, 0.15) is 5.56 Å². The molecular formula is C12H11F2N3S. The lowest BCUT2D eigenvalue weighted by Gasteiger charge is -2.09. The van der Waals surface area contributed by atoms with Crippen LogP contribution >= 0.6 is 12.2 Å². The average Bonchev–Trinajstić information content (AvgIpc) is 2.86. The summed E-state index contributed by atoms with van der Waals surface area (Å²) in [5, 5.41) is 3.36. The van der Waals surface area contributed by atoms with E-state index in [0.717, 1.165) is 0 Å². The molecule has 0 bridgehead atoms. The van der Waals surface area contributed by atoms with Gasteiger partial charge in [-0.15, -0.1) is 0 Å². The summed E-state index contributed by atoms with van der Waals surface area (Å²) >= 11 is 5.08. The topological polar surface area (TPSA) is 29.9 Å². The minimum atomic E-state index is -0.537. The van der Waals surface area contributed by atoms with Crippen LogP contribution in [0.5, 0.6) is 0 Å². The van der Waals surface area contributed by atoms with Gasteiger partial charge in [-0.05, 0) is 30.8 Å². The fourth-order valence-electron chi connectivity index (χ4n) is 1.54. The molecule has 0 aliphatic heterocycles. The Morgan fingerprint density at radius 2 is 2.06 bits per heavy atom. The standard InChI is InChI=1S/C12H11F2N3S/c13-10-2-1-3-11(14)9(10)4-5-16-12(18)17-7-6-15-8-17/h1-3,6-8H,4-5H2,(H,16,18). The number of hydrogen-bond donors (Lipinski definition) is 1. The second-order valence-corrected chi connectivity index (χ2v) is 4.04. The Morgan fingerprint density at radius 3 is 2.67 bits per heavy atom. The van der Waals surface area contributed by atoms with Gasteiger partial charge in [-0.25, -0.2) is 13.8 Å². The first-order valence-electron chi connectivity index (χ1n) is 5.37. The molecule has 1 N–H and O–H groups in total. The number of nitrogens with zero attached hydrogens (tertiary/aromatic N) is 2. The van der Waals surface area contributed by atoms with Crippen molar-refractivity contribution in [1.29, 1.82) is 0 Å². The van der Waals surface area contributed by atoms with Gasteiger partial charge >= 0.3 is 0 Å². The van der Waals surface area contributed by atoms with Crippen molar-refractivity contribution in [2.24, 2.45) is 0 Å². The summed E-state index contributed by atoms with van der Waals surface area (Å²) in [7, 11) is 0. The quantitative estimate of drug-likeness (QED) is 0.864. The van der Waals surface area contributed by atoms with E-state index in [-0.39, 0.29) is 12.0 Å². The van der Waals surface area contributed by atoms with Gasteiger partial charge in [-0.3, -0.25) is 4.57 Å². The normalized spacial score (nSPS) is 10.3. The number of thiocarbonyl (C=S) groups is 1. The van der Waals surface area contributed by atoms with Crippen molar-refractivity contribution in [3.63, 3.8) is 0 Å². The molecule has 3 nitrogen and oxygen atoms in total. The van der Waals surface area contributed by atoms with Crippen molar-refractivity contribution in [1.82, 2.24) is 14.9 Å². The number of nitrogens with one attached hydrogen (secondary N) is 1. The lowest BCUT2D eigenvalue weighted by Crippen LogP contribution is -2.29. The molecule has 0 aliphatic carbocycles. The molecule has 1 aromatic carbocycles. The van der Waals surface area contributed by atoms with E-state index in [1.807, 2.05) is 0 Å². The van der Waals surface area contributed by atoms with Crippen molar-refractivity contribution in [2.75, 3.05) is 6.54 Å². The second-order valence-electron chi connectivity index (χ2n) is 3.65. The van der Waals surface area contributed by atoms with Gasteiger partial charge in [0.1, 0.15) is 18.0 Å². The van der Waals surface area contributed by atoms with Crippen LogP contribution in [0, 0.1) is 11.6 Å². The molecule has 0 fully saturated rings. The maximum absolute atomic E-state index is 13.3. The van der Waals surface area contributed by atoms with Crippen molar-refractivity contribution in [2.45, 2.75) is 6.42 Å². The van der Waals surface area contributed by atoms with Gasteiger partial charge in [-0.2, -0.15) is 0 Å². The SMILES string of the molecule is Fc1cccc(F)c1CCNC(=S)n1ccnc1. The van der Waals surface area contributed by atoms with Gasteiger partial charge in [0, 0.05) is 24.5 Å². The highest BCUT2D eigenvalue weighted by atomic mass is 32.1. The lowest BCUT2D eigenvalue weighted by molar-refractivity contribution is 0.553. The van der Waals surface area contributed by atoms with Crippen LogP contribution in [0.3, 0.4) is 0 Å². The molecule has 1 aromatic heterocycles. The third kappa shape index (κ3) is 2.89. The second kappa shape index (κ2) is 5.68. The first-order chi connectivity index (χ1) is 8.68. The molecule has 0 saturated heterocycles. The van der Waals surface area contributed by atoms with Crippen molar-refractivity contribution < 1.29 is 8.78 Å². The van der Waals surface area contributed by atoms with Crippen LogP contribution in [-0.4, -0.2) is 21.2 Å². The van der Waals surface area contributed by atoms with Gasteiger partial charge in [0.2, 0.25) is 0 Å². The van der Waals surface area contributed by atoms with E-state index < -0.39 is 11.6 Å². The lowest BCUT2D eigenvalue weighted by atomic mass is 10.1. The maximum atomic E-state index is 13.3. The smallest absolute Gasteiger partial charge is 0.178 e. The molecule has 0 saturated carbocycles. The number of aromatic nitrogens is 2. The van der Waals surface area contributed by atoms with Crippen molar-refractivity contribution in [3.05, 3.63) is 54.1 Å². The molecule has 94 valence electrons. The monoisotopic (exact) mass is 267 g/mol. The number of halogens is 2. The molecular weight excluding hydrogens is 256 g/mol. The zero-order chi connectivity index (χ0) is 13.0.